The molecule has 1 aromatic carbocycles. The summed E-state index contributed by atoms with van der Waals surface area (Å²) in [6.45, 7) is 6.73. The van der Waals surface area contributed by atoms with E-state index in [1.165, 1.54) is 12.1 Å². The second kappa shape index (κ2) is 9.80. The number of amides is 4. The van der Waals surface area contributed by atoms with Crippen LogP contribution < -0.4 is 5.32 Å². The maximum atomic E-state index is 15.2. The first kappa shape index (κ1) is 26.4. The number of hydrogen-bond acceptors (Lipinski definition) is 5. The van der Waals surface area contributed by atoms with Gasteiger partial charge < -0.3 is 19.3 Å². The Hall–Kier alpha value is -4.51. The molecule has 2 atom stereocenters. The van der Waals surface area contributed by atoms with Crippen molar-refractivity contribution in [2.45, 2.75) is 45.4 Å². The number of hydrogen-bond donors (Lipinski definition) is 1. The van der Waals surface area contributed by atoms with Gasteiger partial charge in [0.2, 0.25) is 0 Å². The highest BCUT2D eigenvalue weighted by Crippen LogP contribution is 2.38. The van der Waals surface area contributed by atoms with Crippen molar-refractivity contribution in [3.05, 3.63) is 71.6 Å². The molecule has 0 radical (unpaired) electrons. The molecule has 0 saturated carbocycles. The number of nitrogens with one attached hydrogen (secondary N) is 1. The Balaban J connectivity index is 1.31. The number of imidazole rings is 1. The van der Waals surface area contributed by atoms with Gasteiger partial charge >= 0.3 is 6.03 Å². The predicted octanol–water partition coefficient (Wildman–Crippen LogP) is 3.35. The molecule has 1 fully saturated rings. The van der Waals surface area contributed by atoms with Crippen molar-refractivity contribution in [3.8, 4) is 0 Å². The van der Waals surface area contributed by atoms with Gasteiger partial charge in [0.15, 0.2) is 0 Å². The van der Waals surface area contributed by atoms with E-state index in [1.807, 2.05) is 40.8 Å². The van der Waals surface area contributed by atoms with Crippen LogP contribution in [0.1, 0.15) is 37.1 Å². The highest BCUT2D eigenvalue weighted by Gasteiger charge is 2.38. The van der Waals surface area contributed by atoms with Crippen LogP contribution in [0.3, 0.4) is 0 Å². The third kappa shape index (κ3) is 4.02. The van der Waals surface area contributed by atoms with Crippen LogP contribution in [0, 0.1) is 5.82 Å². The van der Waals surface area contributed by atoms with E-state index >= 15 is 4.39 Å². The van der Waals surface area contributed by atoms with Gasteiger partial charge in [-0.05, 0) is 57.1 Å². The minimum Gasteiger partial charge on any atom is -0.345 e. The number of halogens is 1. The summed E-state index contributed by atoms with van der Waals surface area (Å²) < 4.78 is 19.0. The molecule has 0 bridgehead atoms. The van der Waals surface area contributed by atoms with E-state index in [9.17, 15) is 14.4 Å². The normalized spacial score (nSPS) is 21.1. The van der Waals surface area contributed by atoms with E-state index in [2.05, 4.69) is 29.2 Å². The van der Waals surface area contributed by atoms with Crippen LogP contribution in [0.4, 0.5) is 9.18 Å². The van der Waals surface area contributed by atoms with Gasteiger partial charge in [-0.25, -0.2) is 14.2 Å². The summed E-state index contributed by atoms with van der Waals surface area (Å²) in [5.41, 5.74) is 3.42. The van der Waals surface area contributed by atoms with E-state index in [0.29, 0.717) is 53.5 Å². The molecule has 216 valence electrons. The summed E-state index contributed by atoms with van der Waals surface area (Å²) in [5, 5.41) is 2.96. The van der Waals surface area contributed by atoms with Crippen molar-refractivity contribution in [1.82, 2.24) is 34.0 Å². The average molecular weight is 570 g/mol. The Morgan fingerprint density at radius 3 is 2.74 bits per heavy atom. The fourth-order valence-electron chi connectivity index (χ4n) is 6.85. The SMILES string of the molecule is CCN(C(=O)N1CCn2cc(C3=C(c4cnc5ccccn45)C(=O)NC3=O)c3cc(F)cc(c32)C1)C1CC(C)N(C)C1. The Kier molecular flexibility index (Phi) is 6.16. The fraction of sp³-hybridized carbons (Fsp3) is 0.355. The first-order valence-corrected chi connectivity index (χ1v) is 14.3. The highest BCUT2D eigenvalue weighted by atomic mass is 19.1. The zero-order valence-corrected chi connectivity index (χ0v) is 23.8. The Labute approximate surface area is 242 Å². The van der Waals surface area contributed by atoms with E-state index in [0.717, 1.165) is 18.5 Å². The fourth-order valence-corrected chi connectivity index (χ4v) is 6.85. The van der Waals surface area contributed by atoms with Crippen LogP contribution in [0.15, 0.2) is 48.9 Å². The van der Waals surface area contributed by atoms with Gasteiger partial charge in [-0.3, -0.25) is 19.3 Å². The lowest BCUT2D eigenvalue weighted by atomic mass is 9.98. The summed E-state index contributed by atoms with van der Waals surface area (Å²) in [7, 11) is 2.08. The number of pyridine rings is 1. The molecule has 11 heteroatoms. The molecule has 4 aromatic rings. The number of carbonyl (C=O) groups is 3. The first-order valence-electron chi connectivity index (χ1n) is 14.3. The van der Waals surface area contributed by atoms with Gasteiger partial charge in [0, 0.05) is 68.2 Å². The summed E-state index contributed by atoms with van der Waals surface area (Å²) in [6.07, 6.45) is 6.09. The number of benzene rings is 1. The quantitative estimate of drug-likeness (QED) is 0.381. The lowest BCUT2D eigenvalue weighted by Crippen LogP contribution is -2.49. The predicted molar refractivity (Wildman–Crippen MR) is 156 cm³/mol. The zero-order chi connectivity index (χ0) is 29.3. The van der Waals surface area contributed by atoms with Crippen molar-refractivity contribution in [2.75, 3.05) is 26.7 Å². The second-order valence-corrected chi connectivity index (χ2v) is 11.5. The molecule has 3 aromatic heterocycles. The lowest BCUT2D eigenvalue weighted by molar-refractivity contribution is -0.122. The number of carbonyl (C=O) groups excluding carboxylic acids is 3. The minimum absolute atomic E-state index is 0.0493. The summed E-state index contributed by atoms with van der Waals surface area (Å²) >= 11 is 0. The maximum Gasteiger partial charge on any atom is 0.320 e. The van der Waals surface area contributed by atoms with E-state index in [1.54, 1.807) is 21.7 Å². The number of likely N-dealkylation sites (N-methyl/N-ethyl adjacent to an activating group) is 2. The smallest absolute Gasteiger partial charge is 0.320 e. The van der Waals surface area contributed by atoms with Crippen molar-refractivity contribution in [3.63, 3.8) is 0 Å². The van der Waals surface area contributed by atoms with E-state index in [4.69, 9.17) is 0 Å². The molecular weight excluding hydrogens is 537 g/mol. The number of rotatable bonds is 4. The number of urea groups is 1. The third-order valence-electron chi connectivity index (χ3n) is 9.02. The van der Waals surface area contributed by atoms with Crippen LogP contribution >= 0.6 is 0 Å². The number of aromatic nitrogens is 3. The van der Waals surface area contributed by atoms with Crippen LogP contribution in [0.25, 0.3) is 27.7 Å². The van der Waals surface area contributed by atoms with Crippen LogP contribution in [0.5, 0.6) is 0 Å². The van der Waals surface area contributed by atoms with Gasteiger partial charge in [0.05, 0.1) is 28.6 Å². The second-order valence-electron chi connectivity index (χ2n) is 11.5. The molecule has 6 heterocycles. The molecule has 2 unspecified atom stereocenters. The molecule has 7 rings (SSSR count). The minimum atomic E-state index is -0.533. The van der Waals surface area contributed by atoms with Gasteiger partial charge in [0.25, 0.3) is 11.8 Å². The number of nitrogens with zero attached hydrogens (tertiary/aromatic N) is 6. The standard InChI is InChI=1S/C31H32FN7O3/c1-4-38(21-11-18(2)35(3)16-21)31(42)37-10-9-36-17-23(22-13-20(32)12-19(15-37)28(22)36)26-27(30(41)34-29(26)40)24-14-33-25-7-5-6-8-39(24)25/h5-8,12-14,17-18,21H,4,9-11,15-16H2,1-3H3,(H,34,40,41). The summed E-state index contributed by atoms with van der Waals surface area (Å²) in [4.78, 5) is 50.6. The summed E-state index contributed by atoms with van der Waals surface area (Å²) in [6, 6.07) is 8.85. The van der Waals surface area contributed by atoms with Gasteiger partial charge in [-0.15, -0.1) is 0 Å². The van der Waals surface area contributed by atoms with Gasteiger partial charge in [-0.1, -0.05) is 6.07 Å². The first-order chi connectivity index (χ1) is 20.2. The van der Waals surface area contributed by atoms with Crippen molar-refractivity contribution in [2.24, 2.45) is 0 Å². The zero-order valence-electron chi connectivity index (χ0n) is 23.8. The molecule has 4 amide bonds. The van der Waals surface area contributed by atoms with Crippen molar-refractivity contribution < 1.29 is 18.8 Å². The molecular formula is C31H32FN7O3. The Bertz CT molecular complexity index is 1810. The summed E-state index contributed by atoms with van der Waals surface area (Å²) in [5.74, 6) is -1.52. The topological polar surface area (TPSA) is 95.2 Å². The average Bonchev–Trinajstić information content (AvgIpc) is 3.67. The largest absolute Gasteiger partial charge is 0.345 e. The van der Waals surface area contributed by atoms with Crippen molar-refractivity contribution in [1.29, 1.82) is 0 Å². The number of likely N-dealkylation sites (tertiary alicyclic amines) is 1. The van der Waals surface area contributed by atoms with Crippen molar-refractivity contribution >= 4 is 45.5 Å². The molecule has 10 nitrogen and oxygen atoms in total. The maximum absolute atomic E-state index is 15.2. The Morgan fingerprint density at radius 1 is 1.17 bits per heavy atom. The molecule has 42 heavy (non-hydrogen) atoms. The monoisotopic (exact) mass is 569 g/mol. The number of imide groups is 1. The lowest BCUT2D eigenvalue weighted by Gasteiger charge is -2.33. The molecule has 3 aliphatic heterocycles. The van der Waals surface area contributed by atoms with Crippen LogP contribution in [0.2, 0.25) is 0 Å². The van der Waals surface area contributed by atoms with Crippen LogP contribution in [-0.2, 0) is 22.7 Å². The van der Waals surface area contributed by atoms with Crippen LogP contribution in [-0.4, -0.2) is 85.3 Å². The van der Waals surface area contributed by atoms with E-state index in [-0.39, 0.29) is 29.8 Å². The highest BCUT2D eigenvalue weighted by molar-refractivity contribution is 6.49. The van der Waals surface area contributed by atoms with Gasteiger partial charge in [-0.2, -0.15) is 0 Å². The molecule has 1 N–H and O–H groups in total. The molecule has 3 aliphatic rings. The third-order valence-corrected chi connectivity index (χ3v) is 9.02. The Morgan fingerprint density at radius 2 is 1.98 bits per heavy atom. The molecule has 0 aliphatic carbocycles. The molecule has 0 spiro atoms. The molecule has 1 saturated heterocycles. The van der Waals surface area contributed by atoms with E-state index < -0.39 is 17.6 Å². The van der Waals surface area contributed by atoms with Gasteiger partial charge in [0.1, 0.15) is 11.5 Å². The number of fused-ring (bicyclic) bond motifs is 1.